The molecule has 110 valence electrons. The number of ether oxygens (including phenoxy) is 1. The lowest BCUT2D eigenvalue weighted by Crippen LogP contribution is -2.39. The van der Waals surface area contributed by atoms with Gasteiger partial charge < -0.3 is 15.0 Å². The number of amides is 1. The molecule has 0 radical (unpaired) electrons. The molecule has 20 heavy (non-hydrogen) atoms. The van der Waals surface area contributed by atoms with Gasteiger partial charge in [0.2, 0.25) is 5.91 Å². The number of benzene rings is 1. The first-order chi connectivity index (χ1) is 9.56. The lowest BCUT2D eigenvalue weighted by Gasteiger charge is -2.22. The molecule has 0 bridgehead atoms. The van der Waals surface area contributed by atoms with Crippen molar-refractivity contribution in [3.8, 4) is 5.75 Å². The Bertz CT molecular complexity index is 436. The van der Waals surface area contributed by atoms with E-state index in [1.54, 1.807) is 0 Å². The van der Waals surface area contributed by atoms with Gasteiger partial charge in [0.25, 0.3) is 0 Å². The average Bonchev–Trinajstić information content (AvgIpc) is 2.93. The monoisotopic (exact) mass is 276 g/mol. The van der Waals surface area contributed by atoms with Crippen molar-refractivity contribution in [3.05, 3.63) is 24.3 Å². The lowest BCUT2D eigenvalue weighted by molar-refractivity contribution is -0.130. The van der Waals surface area contributed by atoms with Crippen LogP contribution in [0.4, 0.5) is 5.69 Å². The predicted molar refractivity (Wildman–Crippen MR) is 81.1 cm³/mol. The number of carbonyl (C=O) groups excluding carboxylic acids is 1. The maximum Gasteiger partial charge on any atom is 0.244 e. The number of anilines is 1. The first-order valence-electron chi connectivity index (χ1n) is 7.38. The molecule has 1 heterocycles. The minimum absolute atomic E-state index is 0.171. The Labute approximate surface area is 121 Å². The first kappa shape index (κ1) is 14.7. The summed E-state index contributed by atoms with van der Waals surface area (Å²) >= 11 is 0. The van der Waals surface area contributed by atoms with Crippen LogP contribution in [0.2, 0.25) is 0 Å². The van der Waals surface area contributed by atoms with Crippen LogP contribution in [0.3, 0.4) is 0 Å². The van der Waals surface area contributed by atoms with Gasteiger partial charge in [-0.15, -0.1) is 0 Å². The predicted octanol–water partition coefficient (Wildman–Crippen LogP) is 2.90. The number of nitrogens with one attached hydrogen (secondary N) is 1. The van der Waals surface area contributed by atoms with Crippen LogP contribution >= 0.6 is 0 Å². The Balaban J connectivity index is 1.90. The largest absolute Gasteiger partial charge is 0.491 e. The van der Waals surface area contributed by atoms with E-state index in [-0.39, 0.29) is 18.1 Å². The first-order valence-corrected chi connectivity index (χ1v) is 7.38. The van der Waals surface area contributed by atoms with E-state index in [1.165, 1.54) is 0 Å². The number of nitrogens with zero attached hydrogens (tertiary/aromatic N) is 1. The van der Waals surface area contributed by atoms with Gasteiger partial charge in [-0.1, -0.05) is 0 Å². The van der Waals surface area contributed by atoms with Gasteiger partial charge in [0.05, 0.1) is 6.10 Å². The molecule has 1 aliphatic rings. The molecule has 0 aliphatic carbocycles. The Hall–Kier alpha value is -1.71. The zero-order valence-corrected chi connectivity index (χ0v) is 12.6. The summed E-state index contributed by atoms with van der Waals surface area (Å²) in [5, 5.41) is 3.25. The standard InChI is InChI=1S/C16H24N2O2/c1-12(2)20-15-8-6-14(7-9-15)17-13(3)16(19)18-10-4-5-11-18/h6-9,12-13,17H,4-5,10-11H2,1-3H3/t13-/m1/s1. The maximum absolute atomic E-state index is 12.2. The number of hydrogen-bond acceptors (Lipinski definition) is 3. The average molecular weight is 276 g/mol. The van der Waals surface area contributed by atoms with Crippen LogP contribution in [0.1, 0.15) is 33.6 Å². The van der Waals surface area contributed by atoms with Gasteiger partial charge in [0.1, 0.15) is 11.8 Å². The topological polar surface area (TPSA) is 41.6 Å². The fraction of sp³-hybridized carbons (Fsp3) is 0.562. The summed E-state index contributed by atoms with van der Waals surface area (Å²) in [6.45, 7) is 7.71. The zero-order chi connectivity index (χ0) is 14.5. The van der Waals surface area contributed by atoms with E-state index in [1.807, 2.05) is 49.9 Å². The van der Waals surface area contributed by atoms with E-state index in [9.17, 15) is 4.79 Å². The van der Waals surface area contributed by atoms with Crippen molar-refractivity contribution in [2.45, 2.75) is 45.8 Å². The Kier molecular flexibility index (Phi) is 4.88. The third kappa shape index (κ3) is 3.89. The van der Waals surface area contributed by atoms with Crippen LogP contribution in [-0.4, -0.2) is 36.0 Å². The third-order valence-corrected chi connectivity index (χ3v) is 3.40. The second-order valence-corrected chi connectivity index (χ2v) is 5.59. The Morgan fingerprint density at radius 3 is 2.30 bits per heavy atom. The van der Waals surface area contributed by atoms with Gasteiger partial charge in [-0.25, -0.2) is 0 Å². The lowest BCUT2D eigenvalue weighted by atomic mass is 10.2. The molecule has 4 heteroatoms. The summed E-state index contributed by atoms with van der Waals surface area (Å²) in [6.07, 6.45) is 2.42. The van der Waals surface area contributed by atoms with Gasteiger partial charge in [-0.2, -0.15) is 0 Å². The highest BCUT2D eigenvalue weighted by molar-refractivity contribution is 5.84. The summed E-state index contributed by atoms with van der Waals surface area (Å²) in [5.74, 6) is 1.04. The molecule has 1 aromatic carbocycles. The summed E-state index contributed by atoms with van der Waals surface area (Å²) < 4.78 is 5.60. The molecule has 1 aliphatic heterocycles. The van der Waals surface area contributed by atoms with E-state index in [0.717, 1.165) is 37.4 Å². The van der Waals surface area contributed by atoms with Crippen LogP contribution in [-0.2, 0) is 4.79 Å². The number of carbonyl (C=O) groups is 1. The van der Waals surface area contributed by atoms with Gasteiger partial charge in [0.15, 0.2) is 0 Å². The highest BCUT2D eigenvalue weighted by Gasteiger charge is 2.22. The quantitative estimate of drug-likeness (QED) is 0.899. The third-order valence-electron chi connectivity index (χ3n) is 3.40. The molecule has 1 aromatic rings. The molecule has 4 nitrogen and oxygen atoms in total. The fourth-order valence-corrected chi connectivity index (χ4v) is 2.43. The van der Waals surface area contributed by atoms with Crippen molar-refractivity contribution in [3.63, 3.8) is 0 Å². The van der Waals surface area contributed by atoms with Gasteiger partial charge >= 0.3 is 0 Å². The zero-order valence-electron chi connectivity index (χ0n) is 12.6. The molecule has 1 saturated heterocycles. The van der Waals surface area contributed by atoms with E-state index < -0.39 is 0 Å². The molecular weight excluding hydrogens is 252 g/mol. The van der Waals surface area contributed by atoms with E-state index >= 15 is 0 Å². The van der Waals surface area contributed by atoms with Crippen molar-refractivity contribution >= 4 is 11.6 Å². The SMILES string of the molecule is CC(C)Oc1ccc(N[C@H](C)C(=O)N2CCCC2)cc1. The second kappa shape index (κ2) is 6.64. The van der Waals surface area contributed by atoms with Gasteiger partial charge in [-0.3, -0.25) is 4.79 Å². The molecule has 0 unspecified atom stereocenters. The van der Waals surface area contributed by atoms with Crippen LogP contribution < -0.4 is 10.1 Å². The van der Waals surface area contributed by atoms with Crippen LogP contribution in [0.15, 0.2) is 24.3 Å². The summed E-state index contributed by atoms with van der Waals surface area (Å²) in [7, 11) is 0. The van der Waals surface area contributed by atoms with Crippen molar-refractivity contribution < 1.29 is 9.53 Å². The minimum atomic E-state index is -0.190. The molecule has 1 fully saturated rings. The molecule has 0 saturated carbocycles. The number of hydrogen-bond donors (Lipinski definition) is 1. The molecular formula is C16H24N2O2. The summed E-state index contributed by atoms with van der Waals surface area (Å²) in [5.41, 5.74) is 0.946. The Morgan fingerprint density at radius 2 is 1.75 bits per heavy atom. The number of likely N-dealkylation sites (tertiary alicyclic amines) is 1. The van der Waals surface area contributed by atoms with E-state index in [2.05, 4.69) is 5.32 Å². The molecule has 0 aromatic heterocycles. The fourth-order valence-electron chi connectivity index (χ4n) is 2.43. The van der Waals surface area contributed by atoms with Gasteiger partial charge in [-0.05, 0) is 57.9 Å². The maximum atomic E-state index is 12.2. The van der Waals surface area contributed by atoms with Crippen molar-refractivity contribution in [1.29, 1.82) is 0 Å². The highest BCUT2D eigenvalue weighted by Crippen LogP contribution is 2.18. The van der Waals surface area contributed by atoms with Crippen LogP contribution in [0, 0.1) is 0 Å². The molecule has 1 amide bonds. The van der Waals surface area contributed by atoms with E-state index in [4.69, 9.17) is 4.74 Å². The Morgan fingerprint density at radius 1 is 1.15 bits per heavy atom. The van der Waals surface area contributed by atoms with Crippen LogP contribution in [0.5, 0.6) is 5.75 Å². The normalized spacial score (nSPS) is 16.3. The van der Waals surface area contributed by atoms with Gasteiger partial charge in [0, 0.05) is 18.8 Å². The summed E-state index contributed by atoms with van der Waals surface area (Å²) in [6, 6.07) is 7.56. The highest BCUT2D eigenvalue weighted by atomic mass is 16.5. The molecule has 1 N–H and O–H groups in total. The van der Waals surface area contributed by atoms with Crippen LogP contribution in [0.25, 0.3) is 0 Å². The van der Waals surface area contributed by atoms with Crippen molar-refractivity contribution in [2.24, 2.45) is 0 Å². The number of rotatable bonds is 5. The molecule has 1 atom stereocenters. The smallest absolute Gasteiger partial charge is 0.244 e. The van der Waals surface area contributed by atoms with Crippen molar-refractivity contribution in [2.75, 3.05) is 18.4 Å². The molecule has 0 spiro atoms. The second-order valence-electron chi connectivity index (χ2n) is 5.59. The molecule has 2 rings (SSSR count). The van der Waals surface area contributed by atoms with E-state index in [0.29, 0.717) is 0 Å². The minimum Gasteiger partial charge on any atom is -0.491 e. The summed E-state index contributed by atoms with van der Waals surface area (Å²) in [4.78, 5) is 14.1. The van der Waals surface area contributed by atoms with Crippen molar-refractivity contribution in [1.82, 2.24) is 4.90 Å².